The van der Waals surface area contributed by atoms with Gasteiger partial charge in [0.1, 0.15) is 0 Å². The van der Waals surface area contributed by atoms with Gasteiger partial charge in [0, 0.05) is 15.8 Å². The molecule has 0 aliphatic rings. The van der Waals surface area contributed by atoms with E-state index in [1.807, 2.05) is 43.3 Å². The van der Waals surface area contributed by atoms with E-state index in [2.05, 4.69) is 54.7 Å². The smallest absolute Gasteiger partial charge is 0.249 e. The highest BCUT2D eigenvalue weighted by Gasteiger charge is 2.05. The molecule has 0 unspecified atom stereocenters. The highest BCUT2D eigenvalue weighted by atomic mass is 79.9. The lowest BCUT2D eigenvalue weighted by Crippen LogP contribution is -2.03. The summed E-state index contributed by atoms with van der Waals surface area (Å²) < 4.78 is 1.03. The normalized spacial score (nSPS) is 10.5. The van der Waals surface area contributed by atoms with Crippen molar-refractivity contribution >= 4 is 39.1 Å². The van der Waals surface area contributed by atoms with E-state index >= 15 is 0 Å². The van der Waals surface area contributed by atoms with E-state index in [4.69, 9.17) is 0 Å². The average Bonchev–Trinajstić information content (AvgIpc) is 2.59. The molecule has 0 spiro atoms. The standard InChI is InChI=1S/C18H18BrN5/c1-3-13-6-4-5-7-16(13)22-17-11-20-24-18(23-17)21-14-9-8-12(2)15(19)10-14/h4-11H,3H2,1-2H3,(H2,21,22,23,24). The molecule has 0 aliphatic carbocycles. The van der Waals surface area contributed by atoms with Crippen molar-refractivity contribution in [2.75, 3.05) is 10.6 Å². The zero-order chi connectivity index (χ0) is 16.9. The third kappa shape index (κ3) is 3.89. The van der Waals surface area contributed by atoms with Crippen LogP contribution in [-0.4, -0.2) is 15.2 Å². The number of hydrogen-bond donors (Lipinski definition) is 2. The second-order valence-corrected chi connectivity index (χ2v) is 6.24. The van der Waals surface area contributed by atoms with Crippen LogP contribution in [0.4, 0.5) is 23.1 Å². The highest BCUT2D eigenvalue weighted by molar-refractivity contribution is 9.10. The number of rotatable bonds is 5. The molecule has 6 heteroatoms. The van der Waals surface area contributed by atoms with Gasteiger partial charge in [-0.15, -0.1) is 5.10 Å². The molecule has 3 rings (SSSR count). The van der Waals surface area contributed by atoms with E-state index in [9.17, 15) is 0 Å². The van der Waals surface area contributed by atoms with Crippen molar-refractivity contribution in [3.8, 4) is 0 Å². The summed E-state index contributed by atoms with van der Waals surface area (Å²) in [4.78, 5) is 4.48. The Morgan fingerprint density at radius 1 is 1.08 bits per heavy atom. The van der Waals surface area contributed by atoms with Gasteiger partial charge >= 0.3 is 0 Å². The molecule has 1 aromatic heterocycles. The second-order valence-electron chi connectivity index (χ2n) is 5.39. The van der Waals surface area contributed by atoms with Crippen LogP contribution in [0.15, 0.2) is 53.1 Å². The summed E-state index contributed by atoms with van der Waals surface area (Å²) in [7, 11) is 0. The Hall–Kier alpha value is -2.47. The molecule has 0 radical (unpaired) electrons. The van der Waals surface area contributed by atoms with Gasteiger partial charge in [-0.05, 0) is 42.7 Å². The van der Waals surface area contributed by atoms with Crippen LogP contribution in [0.1, 0.15) is 18.1 Å². The Bertz CT molecular complexity index is 850. The first-order chi connectivity index (χ1) is 11.7. The summed E-state index contributed by atoms with van der Waals surface area (Å²) in [5.41, 5.74) is 4.34. The molecule has 24 heavy (non-hydrogen) atoms. The quantitative estimate of drug-likeness (QED) is 0.649. The van der Waals surface area contributed by atoms with E-state index in [-0.39, 0.29) is 0 Å². The molecule has 0 saturated carbocycles. The number of nitrogens with zero attached hydrogens (tertiary/aromatic N) is 3. The number of anilines is 4. The van der Waals surface area contributed by atoms with Crippen LogP contribution in [-0.2, 0) is 6.42 Å². The van der Waals surface area contributed by atoms with Gasteiger partial charge in [0.05, 0.1) is 6.20 Å². The molecule has 0 amide bonds. The number of aryl methyl sites for hydroxylation is 2. The molecule has 122 valence electrons. The van der Waals surface area contributed by atoms with Crippen LogP contribution in [0, 0.1) is 6.92 Å². The molecule has 0 atom stereocenters. The topological polar surface area (TPSA) is 62.7 Å². The first-order valence-electron chi connectivity index (χ1n) is 7.73. The molecule has 1 heterocycles. The van der Waals surface area contributed by atoms with Gasteiger partial charge in [0.25, 0.3) is 0 Å². The number of halogens is 1. The van der Waals surface area contributed by atoms with Crippen molar-refractivity contribution < 1.29 is 0 Å². The van der Waals surface area contributed by atoms with Gasteiger partial charge in [0.15, 0.2) is 5.82 Å². The lowest BCUT2D eigenvalue weighted by atomic mass is 10.1. The summed E-state index contributed by atoms with van der Waals surface area (Å²) in [5, 5.41) is 14.5. The molecule has 2 N–H and O–H groups in total. The molecular weight excluding hydrogens is 366 g/mol. The molecule has 0 saturated heterocycles. The highest BCUT2D eigenvalue weighted by Crippen LogP contribution is 2.23. The number of benzene rings is 2. The molecule has 0 fully saturated rings. The second kappa shape index (κ2) is 7.40. The molecule has 0 aliphatic heterocycles. The van der Waals surface area contributed by atoms with Crippen LogP contribution in [0.25, 0.3) is 0 Å². The number of hydrogen-bond acceptors (Lipinski definition) is 5. The molecular formula is C18H18BrN5. The first-order valence-corrected chi connectivity index (χ1v) is 8.53. The van der Waals surface area contributed by atoms with Crippen LogP contribution < -0.4 is 10.6 Å². The Labute approximate surface area is 149 Å². The average molecular weight is 384 g/mol. The predicted molar refractivity (Wildman–Crippen MR) is 101 cm³/mol. The predicted octanol–water partition coefficient (Wildman–Crippen LogP) is 4.99. The summed E-state index contributed by atoms with van der Waals surface area (Å²) in [6.45, 7) is 4.17. The Morgan fingerprint density at radius 3 is 2.71 bits per heavy atom. The van der Waals surface area contributed by atoms with Gasteiger partial charge in [-0.3, -0.25) is 0 Å². The van der Waals surface area contributed by atoms with Gasteiger partial charge in [-0.2, -0.15) is 10.1 Å². The maximum Gasteiger partial charge on any atom is 0.249 e. The van der Waals surface area contributed by atoms with E-state index in [1.54, 1.807) is 6.20 Å². The van der Waals surface area contributed by atoms with Gasteiger partial charge in [-0.1, -0.05) is 47.1 Å². The van der Waals surface area contributed by atoms with E-state index in [1.165, 1.54) is 11.1 Å². The summed E-state index contributed by atoms with van der Waals surface area (Å²) in [6, 6.07) is 14.2. The Morgan fingerprint density at radius 2 is 1.92 bits per heavy atom. The number of nitrogens with one attached hydrogen (secondary N) is 2. The minimum absolute atomic E-state index is 0.449. The Kier molecular flexibility index (Phi) is 5.05. The maximum absolute atomic E-state index is 4.48. The van der Waals surface area contributed by atoms with Crippen LogP contribution >= 0.6 is 15.9 Å². The Balaban J connectivity index is 1.80. The van der Waals surface area contributed by atoms with Crippen LogP contribution in [0.2, 0.25) is 0 Å². The van der Waals surface area contributed by atoms with Crippen molar-refractivity contribution in [2.24, 2.45) is 0 Å². The number of aromatic nitrogens is 3. The lowest BCUT2D eigenvalue weighted by molar-refractivity contribution is 0.981. The van der Waals surface area contributed by atoms with Gasteiger partial charge in [0.2, 0.25) is 5.95 Å². The molecule has 5 nitrogen and oxygen atoms in total. The monoisotopic (exact) mass is 383 g/mol. The fraction of sp³-hybridized carbons (Fsp3) is 0.167. The van der Waals surface area contributed by atoms with E-state index in [0.717, 1.165) is 22.3 Å². The molecule has 0 bridgehead atoms. The van der Waals surface area contributed by atoms with Crippen molar-refractivity contribution in [2.45, 2.75) is 20.3 Å². The SMILES string of the molecule is CCc1ccccc1Nc1cnnc(Nc2ccc(C)c(Br)c2)n1. The largest absolute Gasteiger partial charge is 0.339 e. The summed E-state index contributed by atoms with van der Waals surface area (Å²) >= 11 is 3.53. The third-order valence-corrected chi connectivity index (χ3v) is 4.50. The zero-order valence-corrected chi connectivity index (χ0v) is 15.1. The number of para-hydroxylation sites is 1. The van der Waals surface area contributed by atoms with Crippen LogP contribution in [0.3, 0.4) is 0 Å². The summed E-state index contributed by atoms with van der Waals surface area (Å²) in [5.74, 6) is 1.10. The van der Waals surface area contributed by atoms with E-state index < -0.39 is 0 Å². The van der Waals surface area contributed by atoms with Crippen molar-refractivity contribution in [3.63, 3.8) is 0 Å². The van der Waals surface area contributed by atoms with Gasteiger partial charge in [-0.25, -0.2) is 0 Å². The maximum atomic E-state index is 4.48. The fourth-order valence-corrected chi connectivity index (χ4v) is 2.68. The fourth-order valence-electron chi connectivity index (χ4n) is 2.30. The van der Waals surface area contributed by atoms with Gasteiger partial charge < -0.3 is 10.6 Å². The third-order valence-electron chi connectivity index (χ3n) is 3.65. The van der Waals surface area contributed by atoms with Crippen molar-refractivity contribution in [1.82, 2.24) is 15.2 Å². The zero-order valence-electron chi connectivity index (χ0n) is 13.5. The summed E-state index contributed by atoms with van der Waals surface area (Å²) in [6.07, 6.45) is 2.56. The van der Waals surface area contributed by atoms with E-state index in [0.29, 0.717) is 11.8 Å². The van der Waals surface area contributed by atoms with Crippen molar-refractivity contribution in [3.05, 3.63) is 64.3 Å². The van der Waals surface area contributed by atoms with Crippen molar-refractivity contribution in [1.29, 1.82) is 0 Å². The van der Waals surface area contributed by atoms with Crippen LogP contribution in [0.5, 0.6) is 0 Å². The minimum Gasteiger partial charge on any atom is -0.339 e. The molecule has 2 aromatic carbocycles. The minimum atomic E-state index is 0.449. The first kappa shape index (κ1) is 16.4. The lowest BCUT2D eigenvalue weighted by Gasteiger charge is -2.11. The molecule has 3 aromatic rings.